The number of nitrogens with one attached hydrogen (secondary N) is 3. The van der Waals surface area contributed by atoms with Crippen molar-refractivity contribution in [1.29, 1.82) is 5.26 Å². The van der Waals surface area contributed by atoms with Gasteiger partial charge in [-0.3, -0.25) is 4.79 Å². The Morgan fingerprint density at radius 2 is 1.50 bits per heavy atom. The Bertz CT molecular complexity index is 708. The van der Waals surface area contributed by atoms with Gasteiger partial charge < -0.3 is 16.0 Å². The van der Waals surface area contributed by atoms with Gasteiger partial charge in [0.25, 0.3) is 5.91 Å². The first-order chi connectivity index (χ1) is 14.0. The van der Waals surface area contributed by atoms with Gasteiger partial charge in [-0.15, -0.1) is 0 Å². The number of amides is 1. The van der Waals surface area contributed by atoms with Gasteiger partial charge in [-0.2, -0.15) is 5.26 Å². The molecule has 0 aromatic carbocycles. The third-order valence-electron chi connectivity index (χ3n) is 8.37. The van der Waals surface area contributed by atoms with Crippen LogP contribution in [0.3, 0.4) is 0 Å². The van der Waals surface area contributed by atoms with E-state index < -0.39 is 0 Å². The normalized spacial score (nSPS) is 38.0. The van der Waals surface area contributed by atoms with E-state index in [1.807, 2.05) is 0 Å². The Morgan fingerprint density at radius 1 is 1.00 bits per heavy atom. The molecule has 3 N–H and O–H groups in total. The van der Waals surface area contributed by atoms with Crippen LogP contribution >= 0.6 is 0 Å². The van der Waals surface area contributed by atoms with Gasteiger partial charge in [-0.1, -0.05) is 0 Å². The van der Waals surface area contributed by atoms with E-state index in [4.69, 9.17) is 0 Å². The van der Waals surface area contributed by atoms with E-state index in [1.54, 1.807) is 6.20 Å². The summed E-state index contributed by atoms with van der Waals surface area (Å²) in [6.07, 6.45) is 11.5. The van der Waals surface area contributed by atoms with Gasteiger partial charge in [0.2, 0.25) is 0 Å². The lowest BCUT2D eigenvalue weighted by atomic mass is 9.48. The third kappa shape index (κ3) is 4.40. The fourth-order valence-electron chi connectivity index (χ4n) is 7.93. The van der Waals surface area contributed by atoms with Crippen LogP contribution in [0.5, 0.6) is 0 Å². The first-order valence-corrected chi connectivity index (χ1v) is 12.0. The van der Waals surface area contributed by atoms with Crippen LogP contribution in [0.25, 0.3) is 0 Å². The van der Waals surface area contributed by atoms with Crippen LogP contribution in [0.15, 0.2) is 11.8 Å². The molecule has 0 aromatic rings. The molecule has 5 rings (SSSR count). The maximum absolute atomic E-state index is 13.0. The molecule has 5 fully saturated rings. The largest absolute Gasteiger partial charge is 0.387 e. The monoisotopic (exact) mass is 412 g/mol. The SMILES string of the molecule is CC(NC(=O)/C(C#N)=C\NC1CC(C)(C)NC(C)(C)C1)C12CC3CC(CC(C3)C1)C2. The second kappa shape index (κ2) is 7.55. The zero-order valence-electron chi connectivity index (χ0n) is 19.5. The van der Waals surface area contributed by atoms with E-state index in [-0.39, 0.29) is 40.1 Å². The van der Waals surface area contributed by atoms with Crippen LogP contribution in [0, 0.1) is 34.5 Å². The Kier molecular flexibility index (Phi) is 5.46. The summed E-state index contributed by atoms with van der Waals surface area (Å²) in [6.45, 7) is 11.0. The molecular weight excluding hydrogens is 372 g/mol. The Balaban J connectivity index is 1.39. The number of nitriles is 1. The minimum Gasteiger partial charge on any atom is -0.387 e. The van der Waals surface area contributed by atoms with Crippen LogP contribution in [-0.4, -0.2) is 29.1 Å². The number of carbonyl (C=O) groups excluding carboxylic acids is 1. The highest BCUT2D eigenvalue weighted by Crippen LogP contribution is 2.61. The number of hydrogen-bond acceptors (Lipinski definition) is 4. The predicted molar refractivity (Wildman–Crippen MR) is 119 cm³/mol. The lowest BCUT2D eigenvalue weighted by molar-refractivity contribution is -0.122. The Labute approximate surface area is 182 Å². The molecule has 4 bridgehead atoms. The molecule has 1 aliphatic heterocycles. The van der Waals surface area contributed by atoms with Crippen LogP contribution < -0.4 is 16.0 Å². The quantitative estimate of drug-likeness (QED) is 0.471. The summed E-state index contributed by atoms with van der Waals surface area (Å²) < 4.78 is 0. The second-order valence-corrected chi connectivity index (χ2v) is 12.3. The fourth-order valence-corrected chi connectivity index (χ4v) is 7.93. The van der Waals surface area contributed by atoms with E-state index in [0.717, 1.165) is 30.6 Å². The van der Waals surface area contributed by atoms with E-state index >= 15 is 0 Å². The van der Waals surface area contributed by atoms with Crippen LogP contribution in [-0.2, 0) is 4.79 Å². The summed E-state index contributed by atoms with van der Waals surface area (Å²) in [7, 11) is 0. The Hall–Kier alpha value is -1.54. The first-order valence-electron chi connectivity index (χ1n) is 12.0. The number of hydrogen-bond donors (Lipinski definition) is 3. The molecule has 1 atom stereocenters. The van der Waals surface area contributed by atoms with Gasteiger partial charge in [-0.25, -0.2) is 0 Å². The summed E-state index contributed by atoms with van der Waals surface area (Å²) >= 11 is 0. The zero-order chi connectivity index (χ0) is 21.7. The average molecular weight is 413 g/mol. The molecule has 0 spiro atoms. The summed E-state index contributed by atoms with van der Waals surface area (Å²) in [5.74, 6) is 2.35. The van der Waals surface area contributed by atoms with Gasteiger partial charge in [0, 0.05) is 29.4 Å². The van der Waals surface area contributed by atoms with Crippen molar-refractivity contribution in [2.24, 2.45) is 23.2 Å². The molecule has 166 valence electrons. The van der Waals surface area contributed by atoms with Crippen molar-refractivity contribution in [1.82, 2.24) is 16.0 Å². The van der Waals surface area contributed by atoms with Gasteiger partial charge in [-0.05, 0) is 109 Å². The number of piperidine rings is 1. The summed E-state index contributed by atoms with van der Waals surface area (Å²) in [6, 6.07) is 2.51. The molecule has 5 aliphatic rings. The van der Waals surface area contributed by atoms with Crippen molar-refractivity contribution in [2.45, 2.75) is 109 Å². The molecule has 1 amide bonds. The molecule has 0 aromatic heterocycles. The third-order valence-corrected chi connectivity index (χ3v) is 8.37. The van der Waals surface area contributed by atoms with Crippen molar-refractivity contribution >= 4 is 5.91 Å². The first kappa shape index (κ1) is 21.7. The molecule has 4 saturated carbocycles. The van der Waals surface area contributed by atoms with Gasteiger partial charge in [0.05, 0.1) is 0 Å². The molecule has 5 nitrogen and oxygen atoms in total. The molecule has 4 aliphatic carbocycles. The number of carbonyl (C=O) groups is 1. The molecular formula is C25H40N4O. The minimum atomic E-state index is -0.222. The van der Waals surface area contributed by atoms with Crippen LogP contribution in [0.1, 0.15) is 86.0 Å². The highest BCUT2D eigenvalue weighted by Gasteiger charge is 2.53. The van der Waals surface area contributed by atoms with Gasteiger partial charge in [0.1, 0.15) is 11.6 Å². The van der Waals surface area contributed by atoms with Crippen molar-refractivity contribution in [3.63, 3.8) is 0 Å². The molecule has 1 heterocycles. The second-order valence-electron chi connectivity index (χ2n) is 12.3. The molecule has 30 heavy (non-hydrogen) atoms. The highest BCUT2D eigenvalue weighted by molar-refractivity contribution is 5.97. The minimum absolute atomic E-state index is 0.0232. The standard InChI is InChI=1S/C25H40N4O/c1-16(25-9-17-6-18(10-25)8-19(7-17)11-25)28-22(30)20(14-26)15-27-21-12-23(2,3)29-24(4,5)13-21/h15-19,21,27,29H,6-13H2,1-5H3,(H,28,30)/b20-15-. The van der Waals surface area contributed by atoms with E-state index in [9.17, 15) is 10.1 Å². The molecule has 1 saturated heterocycles. The Morgan fingerprint density at radius 3 is 1.97 bits per heavy atom. The van der Waals surface area contributed by atoms with Crippen molar-refractivity contribution in [3.05, 3.63) is 11.8 Å². The summed E-state index contributed by atoms with van der Waals surface area (Å²) in [5, 5.41) is 19.9. The maximum atomic E-state index is 13.0. The van der Waals surface area contributed by atoms with E-state index in [0.29, 0.717) is 0 Å². The lowest BCUT2D eigenvalue weighted by Gasteiger charge is -2.59. The number of nitrogens with zero attached hydrogens (tertiary/aromatic N) is 1. The molecule has 5 heteroatoms. The molecule has 1 unspecified atom stereocenters. The van der Waals surface area contributed by atoms with E-state index in [2.05, 4.69) is 56.6 Å². The van der Waals surface area contributed by atoms with Crippen molar-refractivity contribution in [2.75, 3.05) is 0 Å². The molecule has 0 radical (unpaired) electrons. The van der Waals surface area contributed by atoms with Crippen molar-refractivity contribution < 1.29 is 4.79 Å². The predicted octanol–water partition coefficient (Wildman–Crippen LogP) is 4.01. The summed E-state index contributed by atoms with van der Waals surface area (Å²) in [4.78, 5) is 13.0. The van der Waals surface area contributed by atoms with Crippen LogP contribution in [0.2, 0.25) is 0 Å². The highest BCUT2D eigenvalue weighted by atomic mass is 16.1. The van der Waals surface area contributed by atoms with E-state index in [1.165, 1.54) is 38.5 Å². The topological polar surface area (TPSA) is 77.0 Å². The number of rotatable bonds is 5. The fraction of sp³-hybridized carbons (Fsp3) is 0.840. The van der Waals surface area contributed by atoms with Gasteiger partial charge in [0.15, 0.2) is 0 Å². The van der Waals surface area contributed by atoms with Crippen molar-refractivity contribution in [3.8, 4) is 6.07 Å². The smallest absolute Gasteiger partial charge is 0.263 e. The summed E-state index contributed by atoms with van der Waals surface area (Å²) in [5.41, 5.74) is 0.493. The average Bonchev–Trinajstić information content (AvgIpc) is 2.58. The lowest BCUT2D eigenvalue weighted by Crippen LogP contribution is -2.61. The van der Waals surface area contributed by atoms with Crippen LogP contribution in [0.4, 0.5) is 0 Å². The maximum Gasteiger partial charge on any atom is 0.263 e. The zero-order valence-corrected chi connectivity index (χ0v) is 19.5. The van der Waals surface area contributed by atoms with Gasteiger partial charge >= 0.3 is 0 Å².